The highest BCUT2D eigenvalue weighted by Gasteiger charge is 2.20. The van der Waals surface area contributed by atoms with Crippen molar-refractivity contribution in [2.75, 3.05) is 0 Å². The van der Waals surface area contributed by atoms with Gasteiger partial charge < -0.3 is 5.11 Å². The minimum Gasteiger partial charge on any atom is -0.477 e. The summed E-state index contributed by atoms with van der Waals surface area (Å²) in [7, 11) is 0. The highest BCUT2D eigenvalue weighted by Crippen LogP contribution is 2.33. The van der Waals surface area contributed by atoms with E-state index in [1.165, 1.54) is 43.4 Å². The number of aromatic carboxylic acids is 1. The minimum absolute atomic E-state index is 0.177. The monoisotopic (exact) mass is 299 g/mol. The second kappa shape index (κ2) is 6.75. The maximum atomic E-state index is 11.2. The molecule has 0 radical (unpaired) electrons. The average Bonchev–Trinajstić information content (AvgIpc) is 2.82. The van der Waals surface area contributed by atoms with Crippen LogP contribution < -0.4 is 0 Å². The molecule has 0 atom stereocenters. The zero-order chi connectivity index (χ0) is 13.8. The summed E-state index contributed by atoms with van der Waals surface area (Å²) in [4.78, 5) is 16.2. The van der Waals surface area contributed by atoms with Crippen LogP contribution in [0.3, 0.4) is 0 Å². The van der Waals surface area contributed by atoms with E-state index in [4.69, 9.17) is 0 Å². The van der Waals surface area contributed by atoms with Crippen LogP contribution >= 0.6 is 23.1 Å². The van der Waals surface area contributed by atoms with Gasteiger partial charge >= 0.3 is 5.97 Å². The van der Waals surface area contributed by atoms with Gasteiger partial charge in [0.15, 0.2) is 0 Å². The van der Waals surface area contributed by atoms with Crippen molar-refractivity contribution in [3.63, 3.8) is 0 Å². The van der Waals surface area contributed by atoms with Gasteiger partial charge in [0.1, 0.15) is 9.88 Å². The number of carboxylic acid groups (broad SMARTS) is 1. The molecule has 1 N–H and O–H groups in total. The second-order valence-corrected chi connectivity index (χ2v) is 7.73. The summed E-state index contributed by atoms with van der Waals surface area (Å²) in [5, 5.41) is 10.9. The lowest BCUT2D eigenvalue weighted by Gasteiger charge is -2.20. The molecule has 0 bridgehead atoms. The summed E-state index contributed by atoms with van der Waals surface area (Å²) in [6.07, 6.45) is 6.66. The molecule has 1 aliphatic carbocycles. The molecule has 19 heavy (non-hydrogen) atoms. The van der Waals surface area contributed by atoms with Gasteiger partial charge in [-0.15, -0.1) is 11.3 Å². The van der Waals surface area contributed by atoms with Crippen LogP contribution in [0, 0.1) is 0 Å². The molecular formula is C14H21NO2S2. The van der Waals surface area contributed by atoms with E-state index < -0.39 is 5.97 Å². The second-order valence-electron chi connectivity index (χ2n) is 5.35. The highest BCUT2D eigenvalue weighted by molar-refractivity contribution is 7.99. The standard InChI is InChI=1S/C14H21NO2S2/c1-9(2)12-13(14(16)17)19-11(15-12)8-18-10-6-4-3-5-7-10/h9-10H,3-8H2,1-2H3,(H,16,17). The molecule has 3 nitrogen and oxygen atoms in total. The smallest absolute Gasteiger partial charge is 0.347 e. The van der Waals surface area contributed by atoms with Crippen molar-refractivity contribution in [1.29, 1.82) is 0 Å². The van der Waals surface area contributed by atoms with E-state index in [1.807, 2.05) is 25.6 Å². The lowest BCUT2D eigenvalue weighted by Crippen LogP contribution is -2.08. The first-order valence-corrected chi connectivity index (χ1v) is 8.79. The van der Waals surface area contributed by atoms with Crippen LogP contribution in [0.1, 0.15) is 72.2 Å². The number of aromatic nitrogens is 1. The van der Waals surface area contributed by atoms with Crippen LogP contribution in [0.2, 0.25) is 0 Å². The SMILES string of the molecule is CC(C)c1nc(CSC2CCCCC2)sc1C(=O)O. The van der Waals surface area contributed by atoms with Gasteiger partial charge in [0.25, 0.3) is 0 Å². The summed E-state index contributed by atoms with van der Waals surface area (Å²) in [5.74, 6) is 0.202. The molecule has 2 rings (SSSR count). The summed E-state index contributed by atoms with van der Waals surface area (Å²) >= 11 is 3.30. The van der Waals surface area contributed by atoms with Crippen LogP contribution in [0.4, 0.5) is 0 Å². The molecule has 1 saturated carbocycles. The fourth-order valence-electron chi connectivity index (χ4n) is 2.41. The van der Waals surface area contributed by atoms with Crippen LogP contribution in [0.5, 0.6) is 0 Å². The Morgan fingerprint density at radius 1 is 1.42 bits per heavy atom. The van der Waals surface area contributed by atoms with Crippen LogP contribution in [0.25, 0.3) is 0 Å². The van der Waals surface area contributed by atoms with E-state index in [0.717, 1.165) is 21.7 Å². The molecule has 0 saturated heterocycles. The van der Waals surface area contributed by atoms with Gasteiger partial charge in [-0.3, -0.25) is 0 Å². The number of carbonyl (C=O) groups is 1. The largest absolute Gasteiger partial charge is 0.477 e. The predicted octanol–water partition coefficient (Wildman–Crippen LogP) is 4.53. The number of thioether (sulfide) groups is 1. The number of nitrogens with zero attached hydrogens (tertiary/aromatic N) is 1. The Hall–Kier alpha value is -0.550. The molecule has 1 heterocycles. The first kappa shape index (κ1) is 14.9. The van der Waals surface area contributed by atoms with E-state index in [9.17, 15) is 9.90 Å². The zero-order valence-corrected chi connectivity index (χ0v) is 13.1. The van der Waals surface area contributed by atoms with Gasteiger partial charge in [0.2, 0.25) is 0 Å². The molecule has 106 valence electrons. The van der Waals surface area contributed by atoms with Crippen molar-refractivity contribution in [1.82, 2.24) is 4.98 Å². The maximum absolute atomic E-state index is 11.2. The normalized spacial score (nSPS) is 17.0. The van der Waals surface area contributed by atoms with Gasteiger partial charge in [-0.25, -0.2) is 9.78 Å². The predicted molar refractivity (Wildman–Crippen MR) is 81.3 cm³/mol. The Morgan fingerprint density at radius 2 is 2.11 bits per heavy atom. The number of thiazole rings is 1. The highest BCUT2D eigenvalue weighted by atomic mass is 32.2. The molecule has 1 aromatic heterocycles. The third kappa shape index (κ3) is 3.96. The molecule has 0 spiro atoms. The quantitative estimate of drug-likeness (QED) is 0.867. The minimum atomic E-state index is -0.838. The van der Waals surface area contributed by atoms with Gasteiger partial charge in [0.05, 0.1) is 5.69 Å². The molecule has 0 unspecified atom stereocenters. The van der Waals surface area contributed by atoms with E-state index in [-0.39, 0.29) is 5.92 Å². The third-order valence-electron chi connectivity index (χ3n) is 3.43. The number of carboxylic acids is 1. The number of rotatable bonds is 5. The lowest BCUT2D eigenvalue weighted by atomic mass is 10.0. The lowest BCUT2D eigenvalue weighted by molar-refractivity contribution is 0.0700. The summed E-state index contributed by atoms with van der Waals surface area (Å²) in [6.45, 7) is 4.00. The molecule has 1 fully saturated rings. The van der Waals surface area contributed by atoms with Crippen molar-refractivity contribution in [2.45, 2.75) is 62.9 Å². The zero-order valence-electron chi connectivity index (χ0n) is 11.5. The van der Waals surface area contributed by atoms with E-state index >= 15 is 0 Å². The van der Waals surface area contributed by atoms with E-state index in [0.29, 0.717) is 4.88 Å². The first-order chi connectivity index (χ1) is 9.08. The van der Waals surface area contributed by atoms with Crippen molar-refractivity contribution >= 4 is 29.1 Å². The fraction of sp³-hybridized carbons (Fsp3) is 0.714. The van der Waals surface area contributed by atoms with Crippen LogP contribution in [0.15, 0.2) is 0 Å². The number of hydrogen-bond donors (Lipinski definition) is 1. The van der Waals surface area contributed by atoms with Crippen molar-refractivity contribution < 1.29 is 9.90 Å². The Balaban J connectivity index is 2.00. The van der Waals surface area contributed by atoms with Gasteiger partial charge in [-0.2, -0.15) is 11.8 Å². The molecule has 1 aromatic rings. The number of hydrogen-bond acceptors (Lipinski definition) is 4. The van der Waals surface area contributed by atoms with E-state index in [2.05, 4.69) is 4.98 Å². The Bertz CT molecular complexity index is 437. The van der Waals surface area contributed by atoms with Gasteiger partial charge in [-0.1, -0.05) is 33.1 Å². The molecular weight excluding hydrogens is 278 g/mol. The average molecular weight is 299 g/mol. The summed E-state index contributed by atoms with van der Waals surface area (Å²) < 4.78 is 0. The van der Waals surface area contributed by atoms with E-state index in [1.54, 1.807) is 0 Å². The molecule has 0 amide bonds. The van der Waals surface area contributed by atoms with Crippen molar-refractivity contribution in [3.05, 3.63) is 15.6 Å². The molecule has 0 aliphatic heterocycles. The Kier molecular flexibility index (Phi) is 5.28. The topological polar surface area (TPSA) is 50.2 Å². The molecule has 5 heteroatoms. The Morgan fingerprint density at radius 3 is 2.63 bits per heavy atom. The van der Waals surface area contributed by atoms with Crippen molar-refractivity contribution in [2.24, 2.45) is 0 Å². The Labute approximate surface area is 122 Å². The van der Waals surface area contributed by atoms with Gasteiger partial charge in [0, 0.05) is 11.0 Å². The van der Waals surface area contributed by atoms with Crippen LogP contribution in [-0.2, 0) is 5.75 Å². The summed E-state index contributed by atoms with van der Waals surface area (Å²) in [5.41, 5.74) is 0.747. The molecule has 0 aromatic carbocycles. The maximum Gasteiger partial charge on any atom is 0.347 e. The first-order valence-electron chi connectivity index (χ1n) is 6.92. The third-order valence-corrected chi connectivity index (χ3v) is 6.06. The summed E-state index contributed by atoms with van der Waals surface area (Å²) in [6, 6.07) is 0. The van der Waals surface area contributed by atoms with Crippen molar-refractivity contribution in [3.8, 4) is 0 Å². The molecule has 1 aliphatic rings. The fourth-order valence-corrected chi connectivity index (χ4v) is 4.81. The van der Waals surface area contributed by atoms with Gasteiger partial charge in [-0.05, 0) is 18.8 Å². The van der Waals surface area contributed by atoms with Crippen LogP contribution in [-0.4, -0.2) is 21.3 Å².